The molecule has 4 nitrogen and oxygen atoms in total. The predicted molar refractivity (Wildman–Crippen MR) is 59.7 cm³/mol. The molecule has 0 unspecified atom stereocenters. The van der Waals surface area contributed by atoms with Gasteiger partial charge in [-0.15, -0.1) is 0 Å². The normalized spacial score (nSPS) is 21.1. The van der Waals surface area contributed by atoms with Crippen LogP contribution in [-0.2, 0) is 9.53 Å². The monoisotopic (exact) mass is 214 g/mol. The maximum atomic E-state index is 12.0. The van der Waals surface area contributed by atoms with Gasteiger partial charge in [0, 0.05) is 18.8 Å². The van der Waals surface area contributed by atoms with E-state index >= 15 is 0 Å². The lowest BCUT2D eigenvalue weighted by Crippen LogP contribution is -2.59. The van der Waals surface area contributed by atoms with Crippen molar-refractivity contribution in [3.8, 4) is 0 Å². The second kappa shape index (κ2) is 4.49. The number of hydrogen-bond donors (Lipinski definition) is 2. The Morgan fingerprint density at radius 2 is 1.87 bits per heavy atom. The number of rotatable bonds is 3. The SMILES string of the molecule is CNC(C)(C)C(=O)NC1(C)CCOCC1. The summed E-state index contributed by atoms with van der Waals surface area (Å²) in [5.41, 5.74) is -0.620. The molecule has 0 aromatic carbocycles. The Bertz CT molecular complexity index is 233. The zero-order valence-electron chi connectivity index (χ0n) is 10.1. The number of carbonyl (C=O) groups is 1. The summed E-state index contributed by atoms with van der Waals surface area (Å²) in [7, 11) is 1.80. The van der Waals surface area contributed by atoms with Crippen molar-refractivity contribution in [2.45, 2.75) is 44.7 Å². The van der Waals surface area contributed by atoms with E-state index in [4.69, 9.17) is 4.74 Å². The smallest absolute Gasteiger partial charge is 0.240 e. The van der Waals surface area contributed by atoms with Crippen molar-refractivity contribution in [3.05, 3.63) is 0 Å². The molecule has 88 valence electrons. The summed E-state index contributed by atoms with van der Waals surface area (Å²) in [6, 6.07) is 0. The molecule has 0 radical (unpaired) electrons. The average Bonchev–Trinajstić information content (AvgIpc) is 2.18. The third-order valence-corrected chi connectivity index (χ3v) is 3.20. The zero-order valence-corrected chi connectivity index (χ0v) is 10.1. The van der Waals surface area contributed by atoms with E-state index in [2.05, 4.69) is 17.6 Å². The zero-order chi connectivity index (χ0) is 11.5. The molecule has 0 saturated carbocycles. The van der Waals surface area contributed by atoms with Crippen molar-refractivity contribution >= 4 is 5.91 Å². The molecule has 0 aliphatic carbocycles. The first kappa shape index (κ1) is 12.5. The molecule has 1 saturated heterocycles. The molecule has 4 heteroatoms. The standard InChI is InChI=1S/C11H22N2O2/c1-10(2,12-4)9(14)13-11(3)5-7-15-8-6-11/h12H,5-8H2,1-4H3,(H,13,14). The molecule has 0 bridgehead atoms. The third kappa shape index (κ3) is 3.18. The first-order chi connectivity index (χ1) is 6.90. The highest BCUT2D eigenvalue weighted by molar-refractivity contribution is 5.86. The van der Waals surface area contributed by atoms with Crippen LogP contribution < -0.4 is 10.6 Å². The summed E-state index contributed by atoms with van der Waals surface area (Å²) < 4.78 is 5.29. The van der Waals surface area contributed by atoms with Crippen molar-refractivity contribution < 1.29 is 9.53 Å². The van der Waals surface area contributed by atoms with E-state index in [0.29, 0.717) is 0 Å². The van der Waals surface area contributed by atoms with E-state index in [1.54, 1.807) is 7.05 Å². The van der Waals surface area contributed by atoms with E-state index in [0.717, 1.165) is 26.1 Å². The van der Waals surface area contributed by atoms with Gasteiger partial charge in [0.1, 0.15) is 0 Å². The van der Waals surface area contributed by atoms with Crippen LogP contribution in [0.5, 0.6) is 0 Å². The Morgan fingerprint density at radius 1 is 1.33 bits per heavy atom. The third-order valence-electron chi connectivity index (χ3n) is 3.20. The van der Waals surface area contributed by atoms with Crippen LogP contribution in [-0.4, -0.2) is 37.2 Å². The van der Waals surface area contributed by atoms with Crippen molar-refractivity contribution in [2.75, 3.05) is 20.3 Å². The maximum Gasteiger partial charge on any atom is 0.240 e. The van der Waals surface area contributed by atoms with Crippen LogP contribution in [0, 0.1) is 0 Å². The summed E-state index contributed by atoms with van der Waals surface area (Å²) in [6.45, 7) is 7.31. The maximum absolute atomic E-state index is 12.0. The Morgan fingerprint density at radius 3 is 2.33 bits per heavy atom. The van der Waals surface area contributed by atoms with Gasteiger partial charge in [0.05, 0.1) is 5.54 Å². The van der Waals surface area contributed by atoms with Gasteiger partial charge in [-0.3, -0.25) is 4.79 Å². The van der Waals surface area contributed by atoms with Gasteiger partial charge in [-0.1, -0.05) is 0 Å². The van der Waals surface area contributed by atoms with Crippen LogP contribution >= 0.6 is 0 Å². The molecular formula is C11H22N2O2. The molecule has 0 atom stereocenters. The molecule has 2 N–H and O–H groups in total. The molecular weight excluding hydrogens is 192 g/mol. The number of amides is 1. The average molecular weight is 214 g/mol. The molecule has 1 aliphatic rings. The lowest BCUT2D eigenvalue weighted by molar-refractivity contribution is -0.129. The number of likely N-dealkylation sites (N-methyl/N-ethyl adjacent to an activating group) is 1. The second-order valence-electron chi connectivity index (χ2n) is 5.00. The first-order valence-corrected chi connectivity index (χ1v) is 5.49. The van der Waals surface area contributed by atoms with Crippen LogP contribution in [0.2, 0.25) is 0 Å². The number of carbonyl (C=O) groups excluding carboxylic acids is 1. The Labute approximate surface area is 91.8 Å². The molecule has 1 amide bonds. The van der Waals surface area contributed by atoms with Gasteiger partial charge < -0.3 is 15.4 Å². The van der Waals surface area contributed by atoms with Gasteiger partial charge in [0.2, 0.25) is 5.91 Å². The predicted octanol–water partition coefficient (Wildman–Crippen LogP) is 0.670. The summed E-state index contributed by atoms with van der Waals surface area (Å²) in [5, 5.41) is 6.11. The summed E-state index contributed by atoms with van der Waals surface area (Å²) in [4.78, 5) is 12.0. The van der Waals surface area contributed by atoms with Crippen LogP contribution in [0.15, 0.2) is 0 Å². The van der Waals surface area contributed by atoms with E-state index < -0.39 is 5.54 Å². The minimum absolute atomic E-state index is 0.0504. The highest BCUT2D eigenvalue weighted by Gasteiger charge is 2.34. The van der Waals surface area contributed by atoms with Crippen LogP contribution in [0.3, 0.4) is 0 Å². The van der Waals surface area contributed by atoms with E-state index in [1.165, 1.54) is 0 Å². The molecule has 1 heterocycles. The highest BCUT2D eigenvalue weighted by atomic mass is 16.5. The second-order valence-corrected chi connectivity index (χ2v) is 5.00. The lowest BCUT2D eigenvalue weighted by atomic mass is 9.91. The Balaban J connectivity index is 2.56. The van der Waals surface area contributed by atoms with Crippen molar-refractivity contribution in [1.82, 2.24) is 10.6 Å². The van der Waals surface area contributed by atoms with Gasteiger partial charge in [0.15, 0.2) is 0 Å². The van der Waals surface area contributed by atoms with E-state index in [1.807, 2.05) is 13.8 Å². The molecule has 0 aromatic heterocycles. The van der Waals surface area contributed by atoms with Crippen LogP contribution in [0.4, 0.5) is 0 Å². The molecule has 15 heavy (non-hydrogen) atoms. The Hall–Kier alpha value is -0.610. The van der Waals surface area contributed by atoms with Gasteiger partial charge in [-0.25, -0.2) is 0 Å². The fraction of sp³-hybridized carbons (Fsp3) is 0.909. The number of ether oxygens (including phenoxy) is 1. The van der Waals surface area contributed by atoms with Crippen molar-refractivity contribution in [2.24, 2.45) is 0 Å². The number of nitrogens with one attached hydrogen (secondary N) is 2. The fourth-order valence-electron chi connectivity index (χ4n) is 1.49. The molecule has 0 spiro atoms. The van der Waals surface area contributed by atoms with E-state index in [-0.39, 0.29) is 11.4 Å². The number of hydrogen-bond acceptors (Lipinski definition) is 3. The van der Waals surface area contributed by atoms with Gasteiger partial charge in [0.25, 0.3) is 0 Å². The van der Waals surface area contributed by atoms with Crippen molar-refractivity contribution in [1.29, 1.82) is 0 Å². The fourth-order valence-corrected chi connectivity index (χ4v) is 1.49. The Kier molecular flexibility index (Phi) is 3.73. The minimum Gasteiger partial charge on any atom is -0.381 e. The molecule has 1 aliphatic heterocycles. The largest absolute Gasteiger partial charge is 0.381 e. The van der Waals surface area contributed by atoms with Crippen molar-refractivity contribution in [3.63, 3.8) is 0 Å². The van der Waals surface area contributed by atoms with Gasteiger partial charge in [-0.2, -0.15) is 0 Å². The van der Waals surface area contributed by atoms with Crippen LogP contribution in [0.1, 0.15) is 33.6 Å². The lowest BCUT2D eigenvalue weighted by Gasteiger charge is -2.37. The molecule has 0 aromatic rings. The molecule has 1 rings (SSSR count). The summed E-state index contributed by atoms with van der Waals surface area (Å²) in [5.74, 6) is 0.0504. The summed E-state index contributed by atoms with van der Waals surface area (Å²) >= 11 is 0. The quantitative estimate of drug-likeness (QED) is 0.726. The summed E-state index contributed by atoms with van der Waals surface area (Å²) in [6.07, 6.45) is 1.77. The highest BCUT2D eigenvalue weighted by Crippen LogP contribution is 2.20. The first-order valence-electron chi connectivity index (χ1n) is 5.49. The van der Waals surface area contributed by atoms with Gasteiger partial charge in [-0.05, 0) is 40.7 Å². The topological polar surface area (TPSA) is 50.4 Å². The van der Waals surface area contributed by atoms with Crippen LogP contribution in [0.25, 0.3) is 0 Å². The van der Waals surface area contributed by atoms with Gasteiger partial charge >= 0.3 is 0 Å². The molecule has 1 fully saturated rings. The van der Waals surface area contributed by atoms with E-state index in [9.17, 15) is 4.79 Å². The minimum atomic E-state index is -0.513.